The minimum Gasteiger partial charge on any atom is -0.320 e. The SMILES string of the molecule is Cc1ccc(C#CCN)cc1S(=O)(=O)N1CCCC1. The van der Waals surface area contributed by atoms with Gasteiger partial charge in [0.1, 0.15) is 0 Å². The molecule has 1 heterocycles. The number of sulfonamides is 1. The van der Waals surface area contributed by atoms with Crippen molar-refractivity contribution in [2.75, 3.05) is 19.6 Å². The lowest BCUT2D eigenvalue weighted by Gasteiger charge is -2.17. The van der Waals surface area contributed by atoms with Crippen molar-refractivity contribution in [3.63, 3.8) is 0 Å². The molecule has 1 aromatic rings. The Balaban J connectivity index is 2.43. The van der Waals surface area contributed by atoms with Crippen molar-refractivity contribution in [1.82, 2.24) is 4.31 Å². The van der Waals surface area contributed by atoms with Gasteiger partial charge in [0.25, 0.3) is 0 Å². The van der Waals surface area contributed by atoms with Crippen LogP contribution in [0.25, 0.3) is 0 Å². The Kier molecular flexibility index (Phi) is 4.25. The van der Waals surface area contributed by atoms with Gasteiger partial charge in [0.2, 0.25) is 10.0 Å². The van der Waals surface area contributed by atoms with E-state index in [0.717, 1.165) is 18.4 Å². The van der Waals surface area contributed by atoms with Crippen molar-refractivity contribution in [2.24, 2.45) is 5.73 Å². The van der Waals surface area contributed by atoms with Crippen molar-refractivity contribution >= 4 is 10.0 Å². The van der Waals surface area contributed by atoms with Crippen molar-refractivity contribution in [3.8, 4) is 11.8 Å². The highest BCUT2D eigenvalue weighted by atomic mass is 32.2. The summed E-state index contributed by atoms with van der Waals surface area (Å²) in [5.74, 6) is 5.62. The number of rotatable bonds is 2. The summed E-state index contributed by atoms with van der Waals surface area (Å²) >= 11 is 0. The number of hydrogen-bond donors (Lipinski definition) is 1. The zero-order valence-corrected chi connectivity index (χ0v) is 11.8. The predicted octanol–water partition coefficient (Wildman–Crippen LogP) is 1.09. The lowest BCUT2D eigenvalue weighted by molar-refractivity contribution is 0.477. The van der Waals surface area contributed by atoms with Crippen LogP contribution in [0.1, 0.15) is 24.0 Å². The fourth-order valence-corrected chi connectivity index (χ4v) is 3.94. The summed E-state index contributed by atoms with van der Waals surface area (Å²) in [4.78, 5) is 0.359. The molecular weight excluding hydrogens is 260 g/mol. The maximum Gasteiger partial charge on any atom is 0.243 e. The normalized spacial score (nSPS) is 16.1. The summed E-state index contributed by atoms with van der Waals surface area (Å²) in [5.41, 5.74) is 6.77. The fourth-order valence-electron chi connectivity index (χ4n) is 2.18. The Morgan fingerprint density at radius 1 is 1.32 bits per heavy atom. The molecule has 1 fully saturated rings. The zero-order chi connectivity index (χ0) is 13.9. The minimum atomic E-state index is -3.38. The highest BCUT2D eigenvalue weighted by Gasteiger charge is 2.28. The second-order valence-corrected chi connectivity index (χ2v) is 6.50. The Morgan fingerprint density at radius 3 is 2.63 bits per heavy atom. The molecule has 102 valence electrons. The molecule has 0 spiro atoms. The van der Waals surface area contributed by atoms with Crippen molar-refractivity contribution in [1.29, 1.82) is 0 Å². The highest BCUT2D eigenvalue weighted by Crippen LogP contribution is 2.24. The maximum atomic E-state index is 12.5. The smallest absolute Gasteiger partial charge is 0.243 e. The average Bonchev–Trinajstić information content (AvgIpc) is 2.92. The number of nitrogens with zero attached hydrogens (tertiary/aromatic N) is 1. The first-order chi connectivity index (χ1) is 9.05. The molecule has 0 amide bonds. The Hall–Kier alpha value is -1.35. The van der Waals surface area contributed by atoms with Crippen LogP contribution in [-0.2, 0) is 10.0 Å². The summed E-state index contributed by atoms with van der Waals surface area (Å²) in [5, 5.41) is 0. The first-order valence-electron chi connectivity index (χ1n) is 6.35. The molecule has 5 heteroatoms. The van der Waals surface area contributed by atoms with Crippen molar-refractivity contribution in [2.45, 2.75) is 24.7 Å². The van der Waals surface area contributed by atoms with Crippen LogP contribution in [0.15, 0.2) is 23.1 Å². The van der Waals surface area contributed by atoms with E-state index >= 15 is 0 Å². The summed E-state index contributed by atoms with van der Waals surface area (Å²) in [6, 6.07) is 5.26. The van der Waals surface area contributed by atoms with Gasteiger partial charge in [0.05, 0.1) is 11.4 Å². The van der Waals surface area contributed by atoms with E-state index in [1.807, 2.05) is 13.0 Å². The molecule has 1 aromatic carbocycles. The summed E-state index contributed by atoms with van der Waals surface area (Å²) < 4.78 is 26.6. The minimum absolute atomic E-state index is 0.266. The summed E-state index contributed by atoms with van der Waals surface area (Å²) in [7, 11) is -3.38. The van der Waals surface area contributed by atoms with Gasteiger partial charge in [-0.25, -0.2) is 8.42 Å². The maximum absolute atomic E-state index is 12.5. The van der Waals surface area contributed by atoms with Gasteiger partial charge in [0.15, 0.2) is 0 Å². The van der Waals surface area contributed by atoms with Gasteiger partial charge in [0, 0.05) is 18.7 Å². The third-order valence-electron chi connectivity index (χ3n) is 3.21. The standard InChI is InChI=1S/C14H18N2O2S/c1-12-6-7-13(5-4-8-15)11-14(12)19(17,18)16-9-2-3-10-16/h6-7,11H,2-3,8-10,15H2,1H3. The molecule has 0 bridgehead atoms. The summed E-state index contributed by atoms with van der Waals surface area (Å²) in [6.45, 7) is 3.30. The summed E-state index contributed by atoms with van der Waals surface area (Å²) in [6.07, 6.45) is 1.87. The molecule has 19 heavy (non-hydrogen) atoms. The average molecular weight is 278 g/mol. The second kappa shape index (κ2) is 5.74. The third kappa shape index (κ3) is 2.98. The highest BCUT2D eigenvalue weighted by molar-refractivity contribution is 7.89. The van der Waals surface area contributed by atoms with Crippen LogP contribution in [0.5, 0.6) is 0 Å². The molecule has 0 radical (unpaired) electrons. The van der Waals surface area contributed by atoms with Gasteiger partial charge in [-0.3, -0.25) is 0 Å². The van der Waals surface area contributed by atoms with Crippen LogP contribution in [0.2, 0.25) is 0 Å². The van der Waals surface area contributed by atoms with E-state index < -0.39 is 10.0 Å². The molecule has 1 aliphatic heterocycles. The Morgan fingerprint density at radius 2 is 2.00 bits per heavy atom. The quantitative estimate of drug-likeness (QED) is 0.824. The Bertz CT molecular complexity index is 621. The van der Waals surface area contributed by atoms with Crippen LogP contribution in [0, 0.1) is 18.8 Å². The van der Waals surface area contributed by atoms with Crippen LogP contribution in [0.3, 0.4) is 0 Å². The Labute approximate surface area is 114 Å². The van der Waals surface area contributed by atoms with E-state index in [9.17, 15) is 8.42 Å². The first kappa shape index (κ1) is 14.1. The zero-order valence-electron chi connectivity index (χ0n) is 11.0. The molecule has 1 aliphatic rings. The number of benzene rings is 1. The molecule has 1 saturated heterocycles. The number of aryl methyl sites for hydroxylation is 1. The van der Waals surface area contributed by atoms with Crippen LogP contribution >= 0.6 is 0 Å². The third-order valence-corrected chi connectivity index (χ3v) is 5.25. The van der Waals surface area contributed by atoms with E-state index in [1.165, 1.54) is 0 Å². The predicted molar refractivity (Wildman–Crippen MR) is 75.1 cm³/mol. The molecule has 2 rings (SSSR count). The lowest BCUT2D eigenvalue weighted by Crippen LogP contribution is -2.28. The van der Waals surface area contributed by atoms with E-state index in [-0.39, 0.29) is 6.54 Å². The van der Waals surface area contributed by atoms with Crippen molar-refractivity contribution < 1.29 is 8.42 Å². The van der Waals surface area contributed by atoms with E-state index in [4.69, 9.17) is 5.73 Å². The number of nitrogens with two attached hydrogens (primary N) is 1. The molecule has 0 atom stereocenters. The number of hydrogen-bond acceptors (Lipinski definition) is 3. The molecular formula is C14H18N2O2S. The molecule has 0 unspecified atom stereocenters. The van der Waals surface area contributed by atoms with Crippen molar-refractivity contribution in [3.05, 3.63) is 29.3 Å². The van der Waals surface area contributed by atoms with Gasteiger partial charge in [-0.05, 0) is 37.5 Å². The fraction of sp³-hybridized carbons (Fsp3) is 0.429. The topological polar surface area (TPSA) is 63.4 Å². The molecule has 0 aromatic heterocycles. The largest absolute Gasteiger partial charge is 0.320 e. The lowest BCUT2D eigenvalue weighted by atomic mass is 10.1. The van der Waals surface area contributed by atoms with Gasteiger partial charge in [-0.2, -0.15) is 4.31 Å². The molecule has 0 aliphatic carbocycles. The van der Waals surface area contributed by atoms with Crippen LogP contribution in [0.4, 0.5) is 0 Å². The monoisotopic (exact) mass is 278 g/mol. The van der Waals surface area contributed by atoms with E-state index in [0.29, 0.717) is 23.5 Å². The second-order valence-electron chi connectivity index (χ2n) is 4.60. The molecule has 2 N–H and O–H groups in total. The van der Waals surface area contributed by atoms with Gasteiger partial charge in [-0.1, -0.05) is 17.9 Å². The van der Waals surface area contributed by atoms with Gasteiger partial charge >= 0.3 is 0 Å². The van der Waals surface area contributed by atoms with Gasteiger partial charge in [-0.15, -0.1) is 0 Å². The van der Waals surface area contributed by atoms with E-state index in [2.05, 4.69) is 11.8 Å². The van der Waals surface area contributed by atoms with E-state index in [1.54, 1.807) is 16.4 Å². The first-order valence-corrected chi connectivity index (χ1v) is 7.79. The van der Waals surface area contributed by atoms with Crippen LogP contribution in [-0.4, -0.2) is 32.4 Å². The van der Waals surface area contributed by atoms with Gasteiger partial charge < -0.3 is 5.73 Å². The van der Waals surface area contributed by atoms with Crippen LogP contribution < -0.4 is 5.73 Å². The molecule has 4 nitrogen and oxygen atoms in total. The molecule has 0 saturated carbocycles.